The van der Waals surface area contributed by atoms with Crippen molar-refractivity contribution in [3.05, 3.63) is 57.6 Å². The summed E-state index contributed by atoms with van der Waals surface area (Å²) in [7, 11) is 3.30. The number of aryl methyl sites for hydroxylation is 1. The number of benzene rings is 2. The normalized spacial score (nSPS) is 10.3. The molecular formula is C16H17BrO2. The van der Waals surface area contributed by atoms with E-state index in [1.165, 1.54) is 16.7 Å². The van der Waals surface area contributed by atoms with Crippen molar-refractivity contribution in [2.45, 2.75) is 13.3 Å². The van der Waals surface area contributed by atoms with E-state index in [1.54, 1.807) is 14.2 Å². The predicted molar refractivity (Wildman–Crippen MR) is 81.2 cm³/mol. The summed E-state index contributed by atoms with van der Waals surface area (Å²) in [5.74, 6) is 1.50. The Hall–Kier alpha value is -1.48. The van der Waals surface area contributed by atoms with E-state index in [0.717, 1.165) is 22.4 Å². The standard InChI is InChI=1S/C16H17BrO2/c1-11-4-6-12(7-5-11)8-13-9-15(18-2)16(19-3)10-14(13)17/h4-7,9-10H,8H2,1-3H3. The van der Waals surface area contributed by atoms with Gasteiger partial charge in [-0.2, -0.15) is 0 Å². The van der Waals surface area contributed by atoms with E-state index in [2.05, 4.69) is 47.1 Å². The number of ether oxygens (including phenoxy) is 2. The van der Waals surface area contributed by atoms with Gasteiger partial charge in [-0.05, 0) is 36.6 Å². The van der Waals surface area contributed by atoms with Crippen LogP contribution >= 0.6 is 15.9 Å². The zero-order valence-electron chi connectivity index (χ0n) is 11.4. The van der Waals surface area contributed by atoms with Crippen LogP contribution in [0.15, 0.2) is 40.9 Å². The van der Waals surface area contributed by atoms with E-state index in [1.807, 2.05) is 12.1 Å². The Morgan fingerprint density at radius 3 is 2.11 bits per heavy atom. The molecule has 0 aliphatic carbocycles. The molecule has 0 saturated heterocycles. The maximum absolute atomic E-state index is 5.34. The van der Waals surface area contributed by atoms with Crippen LogP contribution in [0.2, 0.25) is 0 Å². The number of hydrogen-bond acceptors (Lipinski definition) is 2. The van der Waals surface area contributed by atoms with Gasteiger partial charge in [0.25, 0.3) is 0 Å². The molecule has 0 unspecified atom stereocenters. The van der Waals surface area contributed by atoms with E-state index in [0.29, 0.717) is 0 Å². The van der Waals surface area contributed by atoms with Crippen molar-refractivity contribution in [3.63, 3.8) is 0 Å². The first-order valence-electron chi connectivity index (χ1n) is 6.10. The van der Waals surface area contributed by atoms with E-state index in [9.17, 15) is 0 Å². The molecule has 0 bridgehead atoms. The first-order valence-corrected chi connectivity index (χ1v) is 6.89. The minimum atomic E-state index is 0.738. The summed E-state index contributed by atoms with van der Waals surface area (Å²) in [5, 5.41) is 0. The van der Waals surface area contributed by atoms with Crippen LogP contribution in [0.1, 0.15) is 16.7 Å². The Balaban J connectivity index is 2.32. The first-order chi connectivity index (χ1) is 9.13. The lowest BCUT2D eigenvalue weighted by Crippen LogP contribution is -1.95. The Bertz CT molecular complexity index is 562. The lowest BCUT2D eigenvalue weighted by molar-refractivity contribution is 0.354. The average Bonchev–Trinajstić information content (AvgIpc) is 2.43. The molecule has 2 rings (SSSR count). The van der Waals surface area contributed by atoms with Crippen LogP contribution in [0.4, 0.5) is 0 Å². The van der Waals surface area contributed by atoms with Crippen molar-refractivity contribution in [1.82, 2.24) is 0 Å². The first kappa shape index (κ1) is 13.9. The van der Waals surface area contributed by atoms with Gasteiger partial charge in [0.1, 0.15) is 0 Å². The van der Waals surface area contributed by atoms with Gasteiger partial charge in [-0.3, -0.25) is 0 Å². The van der Waals surface area contributed by atoms with Crippen LogP contribution in [-0.2, 0) is 6.42 Å². The third kappa shape index (κ3) is 3.29. The maximum Gasteiger partial charge on any atom is 0.161 e. The van der Waals surface area contributed by atoms with Crippen molar-refractivity contribution in [1.29, 1.82) is 0 Å². The van der Waals surface area contributed by atoms with Crippen LogP contribution in [0.5, 0.6) is 11.5 Å². The SMILES string of the molecule is COc1cc(Br)c(Cc2ccc(C)cc2)cc1OC. The molecule has 0 aliphatic heterocycles. The molecule has 0 spiro atoms. The quantitative estimate of drug-likeness (QED) is 0.833. The van der Waals surface area contributed by atoms with Gasteiger partial charge < -0.3 is 9.47 Å². The second kappa shape index (κ2) is 6.11. The molecular weight excluding hydrogens is 304 g/mol. The number of hydrogen-bond donors (Lipinski definition) is 0. The van der Waals surface area contributed by atoms with Crippen molar-refractivity contribution >= 4 is 15.9 Å². The maximum atomic E-state index is 5.34. The Morgan fingerprint density at radius 1 is 0.947 bits per heavy atom. The lowest BCUT2D eigenvalue weighted by atomic mass is 10.0. The van der Waals surface area contributed by atoms with Gasteiger partial charge in [0.05, 0.1) is 14.2 Å². The summed E-state index contributed by atoms with van der Waals surface area (Å²) in [6.45, 7) is 2.09. The number of rotatable bonds is 4. The molecule has 0 N–H and O–H groups in total. The van der Waals surface area contributed by atoms with Gasteiger partial charge >= 0.3 is 0 Å². The highest BCUT2D eigenvalue weighted by Gasteiger charge is 2.10. The third-order valence-corrected chi connectivity index (χ3v) is 3.81. The van der Waals surface area contributed by atoms with Crippen LogP contribution in [-0.4, -0.2) is 14.2 Å². The molecule has 100 valence electrons. The highest BCUT2D eigenvalue weighted by molar-refractivity contribution is 9.10. The Morgan fingerprint density at radius 2 is 1.53 bits per heavy atom. The number of methoxy groups -OCH3 is 2. The lowest BCUT2D eigenvalue weighted by Gasteiger charge is -2.12. The fraction of sp³-hybridized carbons (Fsp3) is 0.250. The zero-order chi connectivity index (χ0) is 13.8. The predicted octanol–water partition coefficient (Wildman–Crippen LogP) is 4.37. The van der Waals surface area contributed by atoms with Crippen molar-refractivity contribution in [2.75, 3.05) is 14.2 Å². The summed E-state index contributed by atoms with van der Waals surface area (Å²) in [5.41, 5.74) is 3.73. The van der Waals surface area contributed by atoms with Gasteiger partial charge in [0, 0.05) is 4.47 Å². The Labute approximate surface area is 122 Å². The Kier molecular flexibility index (Phi) is 4.48. The molecule has 2 aromatic rings. The van der Waals surface area contributed by atoms with Crippen LogP contribution in [0, 0.1) is 6.92 Å². The van der Waals surface area contributed by atoms with E-state index in [-0.39, 0.29) is 0 Å². The van der Waals surface area contributed by atoms with Gasteiger partial charge in [0.15, 0.2) is 11.5 Å². The second-order valence-corrected chi connectivity index (χ2v) is 5.32. The molecule has 0 saturated carbocycles. The molecule has 0 atom stereocenters. The molecule has 0 aliphatic rings. The largest absolute Gasteiger partial charge is 0.493 e. The van der Waals surface area contributed by atoms with E-state index in [4.69, 9.17) is 9.47 Å². The van der Waals surface area contributed by atoms with Crippen molar-refractivity contribution in [3.8, 4) is 11.5 Å². The fourth-order valence-electron chi connectivity index (χ4n) is 1.96. The topological polar surface area (TPSA) is 18.5 Å². The highest BCUT2D eigenvalue weighted by Crippen LogP contribution is 2.34. The van der Waals surface area contributed by atoms with Gasteiger partial charge in [-0.25, -0.2) is 0 Å². The van der Waals surface area contributed by atoms with Crippen molar-refractivity contribution < 1.29 is 9.47 Å². The fourth-order valence-corrected chi connectivity index (χ4v) is 2.42. The molecule has 2 aromatic carbocycles. The second-order valence-electron chi connectivity index (χ2n) is 4.46. The minimum Gasteiger partial charge on any atom is -0.493 e. The van der Waals surface area contributed by atoms with Crippen LogP contribution in [0.3, 0.4) is 0 Å². The molecule has 0 heterocycles. The summed E-state index contributed by atoms with van der Waals surface area (Å²) in [6.07, 6.45) is 0.862. The molecule has 19 heavy (non-hydrogen) atoms. The van der Waals surface area contributed by atoms with E-state index >= 15 is 0 Å². The van der Waals surface area contributed by atoms with Gasteiger partial charge in [0.2, 0.25) is 0 Å². The summed E-state index contributed by atoms with van der Waals surface area (Å²) >= 11 is 3.59. The molecule has 3 heteroatoms. The molecule has 0 radical (unpaired) electrons. The summed E-state index contributed by atoms with van der Waals surface area (Å²) in [6, 6.07) is 12.5. The summed E-state index contributed by atoms with van der Waals surface area (Å²) in [4.78, 5) is 0. The van der Waals surface area contributed by atoms with Gasteiger partial charge in [-0.1, -0.05) is 45.8 Å². The summed E-state index contributed by atoms with van der Waals surface area (Å²) < 4.78 is 11.7. The molecule has 0 fully saturated rings. The van der Waals surface area contributed by atoms with Gasteiger partial charge in [-0.15, -0.1) is 0 Å². The van der Waals surface area contributed by atoms with Crippen LogP contribution < -0.4 is 9.47 Å². The van der Waals surface area contributed by atoms with Crippen LogP contribution in [0.25, 0.3) is 0 Å². The number of halogens is 1. The average molecular weight is 321 g/mol. The zero-order valence-corrected chi connectivity index (χ0v) is 13.0. The van der Waals surface area contributed by atoms with E-state index < -0.39 is 0 Å². The minimum absolute atomic E-state index is 0.738. The molecule has 0 aromatic heterocycles. The van der Waals surface area contributed by atoms with Crippen molar-refractivity contribution in [2.24, 2.45) is 0 Å². The smallest absolute Gasteiger partial charge is 0.161 e. The monoisotopic (exact) mass is 320 g/mol. The molecule has 0 amide bonds. The molecule has 2 nitrogen and oxygen atoms in total. The highest BCUT2D eigenvalue weighted by atomic mass is 79.9. The third-order valence-electron chi connectivity index (χ3n) is 3.07.